The zero-order valence-corrected chi connectivity index (χ0v) is 14.0. The summed E-state index contributed by atoms with van der Waals surface area (Å²) >= 11 is 7.95. The van der Waals surface area contributed by atoms with Crippen LogP contribution in [-0.4, -0.2) is 16.3 Å². The Bertz CT molecular complexity index is 724. The molecule has 0 fully saturated rings. The van der Waals surface area contributed by atoms with Gasteiger partial charge in [0.1, 0.15) is 10.8 Å². The number of hydrogen-bond acceptors (Lipinski definition) is 5. The Morgan fingerprint density at radius 2 is 2.05 bits per heavy atom. The van der Waals surface area contributed by atoms with E-state index in [-0.39, 0.29) is 23.2 Å². The van der Waals surface area contributed by atoms with Gasteiger partial charge >= 0.3 is 5.69 Å². The van der Waals surface area contributed by atoms with Gasteiger partial charge in [0.25, 0.3) is 0 Å². The van der Waals surface area contributed by atoms with Crippen LogP contribution in [0.25, 0.3) is 0 Å². The number of carbonyl (C=O) groups is 1. The predicted molar refractivity (Wildman–Crippen MR) is 91.7 cm³/mol. The van der Waals surface area contributed by atoms with Crippen LogP contribution in [0.15, 0.2) is 30.3 Å². The van der Waals surface area contributed by atoms with E-state index in [0.29, 0.717) is 6.41 Å². The van der Waals surface area contributed by atoms with E-state index >= 15 is 0 Å². The Labute approximate surface area is 144 Å². The van der Waals surface area contributed by atoms with Crippen molar-refractivity contribution in [3.63, 3.8) is 0 Å². The lowest BCUT2D eigenvalue weighted by Crippen LogP contribution is -2.22. The zero-order valence-electron chi connectivity index (χ0n) is 11.1. The fourth-order valence-electron chi connectivity index (χ4n) is 1.88. The zero-order chi connectivity index (χ0) is 16.3. The third kappa shape index (κ3) is 3.63. The van der Waals surface area contributed by atoms with Gasteiger partial charge in [0, 0.05) is 9.64 Å². The summed E-state index contributed by atoms with van der Waals surface area (Å²) in [7, 11) is 0. The van der Waals surface area contributed by atoms with Crippen molar-refractivity contribution in [2.75, 3.05) is 10.6 Å². The molecule has 0 bridgehead atoms. The minimum absolute atomic E-state index is 0.0102. The molecule has 22 heavy (non-hydrogen) atoms. The normalized spacial score (nSPS) is 10.3. The van der Waals surface area contributed by atoms with Gasteiger partial charge in [-0.1, -0.05) is 23.7 Å². The molecule has 7 nitrogen and oxygen atoms in total. The van der Waals surface area contributed by atoms with Crippen LogP contribution < -0.4 is 10.6 Å². The van der Waals surface area contributed by atoms with E-state index in [1.807, 2.05) is 24.3 Å². The first-order valence-corrected chi connectivity index (χ1v) is 7.45. The first-order valence-electron chi connectivity index (χ1n) is 5.99. The molecule has 0 saturated heterocycles. The molecule has 0 unspecified atom stereocenters. The molecule has 0 spiro atoms. The van der Waals surface area contributed by atoms with E-state index in [1.165, 1.54) is 11.0 Å². The summed E-state index contributed by atoms with van der Waals surface area (Å²) in [5.41, 5.74) is 5.93. The van der Waals surface area contributed by atoms with Crippen LogP contribution in [0, 0.1) is 13.7 Å². The van der Waals surface area contributed by atoms with Crippen LogP contribution in [0.1, 0.15) is 5.56 Å². The van der Waals surface area contributed by atoms with Gasteiger partial charge in [-0.2, -0.15) is 0 Å². The third-order valence-electron chi connectivity index (χ3n) is 2.85. The Hall–Kier alpha value is -1.94. The Morgan fingerprint density at radius 1 is 1.41 bits per heavy atom. The molecule has 1 aromatic heterocycles. The second-order valence-corrected chi connectivity index (χ2v) is 5.95. The van der Waals surface area contributed by atoms with E-state index in [1.54, 1.807) is 0 Å². The van der Waals surface area contributed by atoms with Gasteiger partial charge in [-0.05, 0) is 40.3 Å². The lowest BCUT2D eigenvalue weighted by molar-refractivity contribution is -0.383. The topological polar surface area (TPSA) is 102 Å². The maximum atomic E-state index is 11.4. The quantitative estimate of drug-likeness (QED) is 0.257. The Kier molecular flexibility index (Phi) is 5.14. The summed E-state index contributed by atoms with van der Waals surface area (Å²) in [5, 5.41) is 11.1. The number of nitrogens with zero attached hydrogens (tertiary/aromatic N) is 3. The number of amides is 1. The number of nitro groups is 1. The molecular weight excluding hydrogens is 423 g/mol. The molecule has 1 aromatic carbocycles. The molecule has 1 amide bonds. The van der Waals surface area contributed by atoms with E-state index in [9.17, 15) is 14.9 Å². The minimum Gasteiger partial charge on any atom is -0.378 e. The summed E-state index contributed by atoms with van der Waals surface area (Å²) in [6, 6.07) is 8.66. The van der Waals surface area contributed by atoms with E-state index < -0.39 is 10.6 Å². The highest BCUT2D eigenvalue weighted by atomic mass is 127. The van der Waals surface area contributed by atoms with Gasteiger partial charge < -0.3 is 10.6 Å². The van der Waals surface area contributed by atoms with E-state index in [0.717, 1.165) is 9.13 Å². The number of benzene rings is 1. The van der Waals surface area contributed by atoms with Crippen LogP contribution in [0.4, 0.5) is 17.2 Å². The van der Waals surface area contributed by atoms with Crippen molar-refractivity contribution in [3.05, 3.63) is 54.7 Å². The van der Waals surface area contributed by atoms with Crippen LogP contribution >= 0.6 is 34.2 Å². The average molecular weight is 433 g/mol. The van der Waals surface area contributed by atoms with Crippen molar-refractivity contribution in [2.24, 2.45) is 0 Å². The summed E-state index contributed by atoms with van der Waals surface area (Å²) in [6.07, 6.45) is 0.496. The molecular formula is C13H10ClIN4O3. The SMILES string of the molecule is Nc1nc(Cl)cc(N(C=O)Cc2ccc(I)cc2)c1[N+](=O)[O-]. The number of rotatable bonds is 5. The Morgan fingerprint density at radius 3 is 2.59 bits per heavy atom. The number of anilines is 2. The molecule has 9 heteroatoms. The highest BCUT2D eigenvalue weighted by Gasteiger charge is 2.25. The number of pyridine rings is 1. The monoisotopic (exact) mass is 432 g/mol. The molecule has 114 valence electrons. The molecule has 0 aliphatic rings. The fourth-order valence-corrected chi connectivity index (χ4v) is 2.44. The van der Waals surface area contributed by atoms with Gasteiger partial charge in [-0.25, -0.2) is 4.98 Å². The Balaban J connectivity index is 2.44. The number of nitrogen functional groups attached to an aromatic ring is 1. The molecule has 0 aliphatic heterocycles. The standard InChI is InChI=1S/C13H10ClIN4O3/c14-11-5-10(12(19(21)22)13(16)17-11)18(7-20)6-8-1-3-9(15)4-2-8/h1-5,7H,6H2,(H2,16,17). The third-order valence-corrected chi connectivity index (χ3v) is 3.77. The first-order chi connectivity index (χ1) is 10.4. The molecule has 0 saturated carbocycles. The molecule has 2 N–H and O–H groups in total. The minimum atomic E-state index is -0.682. The van der Waals surface area contributed by atoms with Gasteiger partial charge in [0.15, 0.2) is 0 Å². The number of nitrogens with two attached hydrogens (primary N) is 1. The van der Waals surface area contributed by atoms with Crippen molar-refractivity contribution in [3.8, 4) is 0 Å². The van der Waals surface area contributed by atoms with Gasteiger partial charge in [0.2, 0.25) is 12.2 Å². The average Bonchev–Trinajstić information content (AvgIpc) is 2.45. The maximum absolute atomic E-state index is 11.4. The smallest absolute Gasteiger partial charge is 0.334 e. The van der Waals surface area contributed by atoms with Gasteiger partial charge in [-0.15, -0.1) is 0 Å². The highest BCUT2D eigenvalue weighted by Crippen LogP contribution is 2.34. The predicted octanol–water partition coefficient (Wildman–Crippen LogP) is 2.99. The number of halogens is 2. The van der Waals surface area contributed by atoms with Gasteiger partial charge in [0.05, 0.1) is 11.5 Å². The second-order valence-electron chi connectivity index (χ2n) is 4.31. The summed E-state index contributed by atoms with van der Waals surface area (Å²) in [4.78, 5) is 26.7. The molecule has 0 radical (unpaired) electrons. The van der Waals surface area contributed by atoms with Crippen molar-refractivity contribution in [1.29, 1.82) is 0 Å². The summed E-state index contributed by atoms with van der Waals surface area (Å²) in [6.45, 7) is 0.154. The number of hydrogen-bond donors (Lipinski definition) is 1. The van der Waals surface area contributed by atoms with Crippen LogP contribution in [0.2, 0.25) is 5.15 Å². The fraction of sp³-hybridized carbons (Fsp3) is 0.0769. The van der Waals surface area contributed by atoms with Crippen LogP contribution in [-0.2, 0) is 11.3 Å². The largest absolute Gasteiger partial charge is 0.378 e. The lowest BCUT2D eigenvalue weighted by Gasteiger charge is -2.18. The lowest BCUT2D eigenvalue weighted by atomic mass is 10.2. The molecule has 0 aliphatic carbocycles. The summed E-state index contributed by atoms with van der Waals surface area (Å²) in [5.74, 6) is -0.332. The van der Waals surface area contributed by atoms with Crippen molar-refractivity contribution < 1.29 is 9.72 Å². The molecule has 2 aromatic rings. The number of aromatic nitrogens is 1. The van der Waals surface area contributed by atoms with E-state index in [4.69, 9.17) is 17.3 Å². The summed E-state index contributed by atoms with van der Waals surface area (Å²) < 4.78 is 1.04. The van der Waals surface area contributed by atoms with Crippen LogP contribution in [0.5, 0.6) is 0 Å². The molecule has 1 heterocycles. The molecule has 2 rings (SSSR count). The maximum Gasteiger partial charge on any atom is 0.334 e. The van der Waals surface area contributed by atoms with E-state index in [2.05, 4.69) is 27.6 Å². The van der Waals surface area contributed by atoms with Crippen molar-refractivity contribution in [2.45, 2.75) is 6.54 Å². The van der Waals surface area contributed by atoms with Crippen LogP contribution in [0.3, 0.4) is 0 Å². The molecule has 0 atom stereocenters. The number of carbonyl (C=O) groups excluding carboxylic acids is 1. The van der Waals surface area contributed by atoms with Crippen molar-refractivity contribution in [1.82, 2.24) is 4.98 Å². The van der Waals surface area contributed by atoms with Crippen molar-refractivity contribution >= 4 is 57.8 Å². The second kappa shape index (κ2) is 6.88. The van der Waals surface area contributed by atoms with Gasteiger partial charge in [-0.3, -0.25) is 14.9 Å². The first kappa shape index (κ1) is 16.4. The highest BCUT2D eigenvalue weighted by molar-refractivity contribution is 14.1.